The highest BCUT2D eigenvalue weighted by atomic mass is 19.1. The topological polar surface area (TPSA) is 41.1 Å². The summed E-state index contributed by atoms with van der Waals surface area (Å²) in [6.07, 6.45) is 0. The average molecular weight is 300 g/mol. The molecule has 0 radical (unpaired) electrons. The van der Waals surface area contributed by atoms with Crippen LogP contribution in [0.2, 0.25) is 0 Å². The van der Waals surface area contributed by atoms with Crippen molar-refractivity contribution < 1.29 is 13.6 Å². The van der Waals surface area contributed by atoms with E-state index < -0.39 is 0 Å². The largest absolute Gasteiger partial charge is 0.334 e. The lowest BCUT2D eigenvalue weighted by Crippen LogP contribution is -2.35. The van der Waals surface area contributed by atoms with Gasteiger partial charge in [-0.05, 0) is 42.0 Å². The van der Waals surface area contributed by atoms with E-state index in [1.807, 2.05) is 0 Å². The van der Waals surface area contributed by atoms with E-state index in [1.165, 1.54) is 24.3 Å². The molecule has 2 amide bonds. The lowest BCUT2D eigenvalue weighted by atomic mass is 10.2. The predicted molar refractivity (Wildman–Crippen MR) is 79.9 cm³/mol. The van der Waals surface area contributed by atoms with E-state index in [1.54, 1.807) is 24.3 Å². The summed E-state index contributed by atoms with van der Waals surface area (Å²) in [6, 6.07) is 11.3. The molecule has 0 heterocycles. The Balaban J connectivity index is 1.72. The number of nitrogens with one attached hydrogen (secondary N) is 2. The van der Waals surface area contributed by atoms with Crippen molar-refractivity contribution in [3.05, 3.63) is 71.3 Å². The van der Waals surface area contributed by atoms with Gasteiger partial charge in [-0.2, -0.15) is 0 Å². The first-order valence-corrected chi connectivity index (χ1v) is 6.64. The summed E-state index contributed by atoms with van der Waals surface area (Å²) in [6.45, 7) is 0.476. The minimum absolute atomic E-state index is 0.173. The molecule has 0 spiro atoms. The van der Waals surface area contributed by atoms with Crippen molar-refractivity contribution in [3.8, 4) is 11.8 Å². The monoisotopic (exact) mass is 300 g/mol. The van der Waals surface area contributed by atoms with Gasteiger partial charge in [0.05, 0.1) is 6.54 Å². The Bertz CT molecular complexity index is 685. The maximum Gasteiger partial charge on any atom is 0.315 e. The number of carbonyl (C=O) groups excluding carboxylic acids is 1. The number of hydrogen-bond acceptors (Lipinski definition) is 1. The van der Waals surface area contributed by atoms with Crippen LogP contribution in [-0.4, -0.2) is 12.6 Å². The second-order valence-electron chi connectivity index (χ2n) is 4.47. The zero-order valence-electron chi connectivity index (χ0n) is 11.7. The molecule has 0 saturated heterocycles. The minimum atomic E-state index is -0.363. The Kier molecular flexibility index (Phi) is 5.50. The van der Waals surface area contributed by atoms with Crippen LogP contribution in [0.1, 0.15) is 11.1 Å². The van der Waals surface area contributed by atoms with Crippen LogP contribution in [0.4, 0.5) is 13.6 Å². The zero-order chi connectivity index (χ0) is 15.8. The molecule has 22 heavy (non-hydrogen) atoms. The van der Waals surface area contributed by atoms with Gasteiger partial charge >= 0.3 is 6.03 Å². The minimum Gasteiger partial charge on any atom is -0.334 e. The van der Waals surface area contributed by atoms with Crippen LogP contribution in [0.5, 0.6) is 0 Å². The van der Waals surface area contributed by atoms with Gasteiger partial charge in [0.25, 0.3) is 0 Å². The highest BCUT2D eigenvalue weighted by Crippen LogP contribution is 2.02. The van der Waals surface area contributed by atoms with Gasteiger partial charge in [-0.15, -0.1) is 0 Å². The first kappa shape index (κ1) is 15.5. The van der Waals surface area contributed by atoms with Crippen LogP contribution in [0.3, 0.4) is 0 Å². The summed E-state index contributed by atoms with van der Waals surface area (Å²) < 4.78 is 25.4. The quantitative estimate of drug-likeness (QED) is 0.841. The van der Waals surface area contributed by atoms with Crippen LogP contribution in [0.25, 0.3) is 0 Å². The molecule has 2 rings (SSSR count). The van der Waals surface area contributed by atoms with E-state index >= 15 is 0 Å². The maximum atomic E-state index is 12.7. The Hall–Kier alpha value is -2.87. The predicted octanol–water partition coefficient (Wildman–Crippen LogP) is 2.82. The molecule has 0 atom stereocenters. The maximum absolute atomic E-state index is 12.7. The summed E-state index contributed by atoms with van der Waals surface area (Å²) in [5.41, 5.74) is 1.48. The summed E-state index contributed by atoms with van der Waals surface area (Å²) in [5.74, 6) is 4.94. The summed E-state index contributed by atoms with van der Waals surface area (Å²) in [5, 5.41) is 5.21. The smallest absolute Gasteiger partial charge is 0.315 e. The first-order valence-electron chi connectivity index (χ1n) is 6.64. The molecule has 5 heteroatoms. The number of hydrogen-bond donors (Lipinski definition) is 2. The molecule has 112 valence electrons. The van der Waals surface area contributed by atoms with E-state index in [4.69, 9.17) is 0 Å². The van der Waals surface area contributed by atoms with Crippen LogP contribution in [0.15, 0.2) is 48.5 Å². The van der Waals surface area contributed by atoms with E-state index in [-0.39, 0.29) is 24.2 Å². The molecule has 0 unspecified atom stereocenters. The van der Waals surface area contributed by atoms with E-state index in [0.717, 1.165) is 5.56 Å². The van der Waals surface area contributed by atoms with Crippen molar-refractivity contribution in [2.45, 2.75) is 6.54 Å². The van der Waals surface area contributed by atoms with Crippen LogP contribution < -0.4 is 10.6 Å². The molecule has 2 aromatic rings. The fraction of sp³-hybridized carbons (Fsp3) is 0.118. The molecule has 0 aliphatic heterocycles. The molecule has 0 fully saturated rings. The lowest BCUT2D eigenvalue weighted by Gasteiger charge is -2.05. The first-order chi connectivity index (χ1) is 10.6. The van der Waals surface area contributed by atoms with Crippen LogP contribution in [0, 0.1) is 23.5 Å². The molecule has 0 saturated carbocycles. The second-order valence-corrected chi connectivity index (χ2v) is 4.47. The van der Waals surface area contributed by atoms with Crippen molar-refractivity contribution in [1.82, 2.24) is 10.6 Å². The van der Waals surface area contributed by atoms with Gasteiger partial charge in [-0.25, -0.2) is 13.6 Å². The Morgan fingerprint density at radius 2 is 1.50 bits per heavy atom. The van der Waals surface area contributed by atoms with Gasteiger partial charge in [-0.3, -0.25) is 0 Å². The van der Waals surface area contributed by atoms with Crippen molar-refractivity contribution in [3.63, 3.8) is 0 Å². The van der Waals surface area contributed by atoms with Gasteiger partial charge in [0, 0.05) is 12.1 Å². The number of urea groups is 1. The molecule has 0 aliphatic rings. The van der Waals surface area contributed by atoms with Crippen molar-refractivity contribution >= 4 is 6.03 Å². The van der Waals surface area contributed by atoms with Crippen molar-refractivity contribution in [2.75, 3.05) is 6.54 Å². The molecule has 0 aliphatic carbocycles. The number of halogens is 2. The number of amides is 2. The SMILES string of the molecule is O=C(NCC#Cc1ccc(F)cc1)NCc1ccc(F)cc1. The fourth-order valence-electron chi connectivity index (χ4n) is 1.65. The third kappa shape index (κ3) is 5.25. The summed E-state index contributed by atoms with van der Waals surface area (Å²) in [4.78, 5) is 11.5. The third-order valence-corrected chi connectivity index (χ3v) is 2.78. The number of benzene rings is 2. The van der Waals surface area contributed by atoms with Gasteiger partial charge in [-0.1, -0.05) is 24.0 Å². The molecular formula is C17H14F2N2O. The molecule has 0 aromatic heterocycles. The number of carbonyl (C=O) groups is 1. The summed E-state index contributed by atoms with van der Waals surface area (Å²) >= 11 is 0. The van der Waals surface area contributed by atoms with E-state index in [0.29, 0.717) is 12.1 Å². The fourth-order valence-corrected chi connectivity index (χ4v) is 1.65. The highest BCUT2D eigenvalue weighted by molar-refractivity contribution is 5.74. The van der Waals surface area contributed by atoms with Gasteiger partial charge in [0.15, 0.2) is 0 Å². The van der Waals surface area contributed by atoms with Gasteiger partial charge in [0.1, 0.15) is 11.6 Å². The molecular weight excluding hydrogens is 286 g/mol. The zero-order valence-corrected chi connectivity index (χ0v) is 11.7. The average Bonchev–Trinajstić information content (AvgIpc) is 2.53. The lowest BCUT2D eigenvalue weighted by molar-refractivity contribution is 0.241. The molecule has 3 nitrogen and oxygen atoms in total. The third-order valence-electron chi connectivity index (χ3n) is 2.78. The Morgan fingerprint density at radius 1 is 0.909 bits per heavy atom. The van der Waals surface area contributed by atoms with E-state index in [9.17, 15) is 13.6 Å². The van der Waals surface area contributed by atoms with Gasteiger partial charge in [0.2, 0.25) is 0 Å². The Morgan fingerprint density at radius 3 is 2.14 bits per heavy atom. The van der Waals surface area contributed by atoms with Crippen molar-refractivity contribution in [1.29, 1.82) is 0 Å². The Labute approximate surface area is 127 Å². The highest BCUT2D eigenvalue weighted by Gasteiger charge is 1.99. The standard InChI is InChI=1S/C17H14F2N2O/c18-15-7-3-13(4-8-15)2-1-11-20-17(22)21-12-14-5-9-16(19)10-6-14/h3-10H,11-12H2,(H2,20,21,22). The molecule has 2 N–H and O–H groups in total. The van der Waals surface area contributed by atoms with Crippen molar-refractivity contribution in [2.24, 2.45) is 0 Å². The summed E-state index contributed by atoms with van der Waals surface area (Å²) in [7, 11) is 0. The van der Waals surface area contributed by atoms with E-state index in [2.05, 4.69) is 22.5 Å². The van der Waals surface area contributed by atoms with Crippen LogP contribution >= 0.6 is 0 Å². The molecule has 0 bridgehead atoms. The second kappa shape index (κ2) is 7.79. The van der Waals surface area contributed by atoms with Gasteiger partial charge < -0.3 is 10.6 Å². The molecule has 2 aromatic carbocycles. The number of rotatable bonds is 3. The van der Waals surface area contributed by atoms with Crippen LogP contribution in [-0.2, 0) is 6.54 Å². The normalized spacial score (nSPS) is 9.55.